The van der Waals surface area contributed by atoms with Crippen LogP contribution in [-0.4, -0.2) is 37.6 Å². The Morgan fingerprint density at radius 3 is 3.15 bits per heavy atom. The van der Waals surface area contributed by atoms with Crippen LogP contribution in [0, 0.1) is 17.2 Å². The van der Waals surface area contributed by atoms with Crippen LogP contribution in [0.3, 0.4) is 0 Å². The summed E-state index contributed by atoms with van der Waals surface area (Å²) in [5, 5.41) is 8.38. The van der Waals surface area contributed by atoms with Gasteiger partial charge in [-0.1, -0.05) is 0 Å². The smallest absolute Gasteiger partial charge is 0.310 e. The van der Waals surface area contributed by atoms with Crippen molar-refractivity contribution in [2.75, 3.05) is 26.7 Å². The van der Waals surface area contributed by atoms with Gasteiger partial charge < -0.3 is 9.64 Å². The lowest BCUT2D eigenvalue weighted by Crippen LogP contribution is -2.24. The number of methoxy groups -OCH3 is 1. The summed E-state index contributed by atoms with van der Waals surface area (Å²) in [6, 6.07) is 2.09. The Labute approximate surface area is 78.1 Å². The van der Waals surface area contributed by atoms with Crippen LogP contribution in [0.4, 0.5) is 0 Å². The van der Waals surface area contributed by atoms with Crippen molar-refractivity contribution in [2.24, 2.45) is 5.92 Å². The molecule has 1 rings (SSSR count). The Morgan fingerprint density at radius 1 is 1.77 bits per heavy atom. The number of likely N-dealkylation sites (tertiary alicyclic amines) is 1. The fraction of sp³-hybridized carbons (Fsp3) is 0.778. The predicted molar refractivity (Wildman–Crippen MR) is 46.8 cm³/mol. The molecule has 0 saturated carbocycles. The molecule has 1 unspecified atom stereocenters. The highest BCUT2D eigenvalue weighted by Crippen LogP contribution is 2.17. The maximum absolute atomic E-state index is 11.1. The van der Waals surface area contributed by atoms with Gasteiger partial charge in [0, 0.05) is 19.5 Å². The van der Waals surface area contributed by atoms with Gasteiger partial charge in [0.2, 0.25) is 0 Å². The Bertz CT molecular complexity index is 222. The zero-order chi connectivity index (χ0) is 9.68. The third-order valence-electron chi connectivity index (χ3n) is 2.35. The van der Waals surface area contributed by atoms with E-state index in [4.69, 9.17) is 5.26 Å². The summed E-state index contributed by atoms with van der Waals surface area (Å²) in [7, 11) is 1.42. The molecule has 4 nitrogen and oxygen atoms in total. The largest absolute Gasteiger partial charge is 0.469 e. The average Bonchev–Trinajstić information content (AvgIpc) is 2.62. The Balaban J connectivity index is 2.28. The highest BCUT2D eigenvalue weighted by molar-refractivity contribution is 5.72. The normalized spacial score (nSPS) is 22.6. The Morgan fingerprint density at radius 2 is 2.54 bits per heavy atom. The van der Waals surface area contributed by atoms with E-state index in [2.05, 4.69) is 15.7 Å². The van der Waals surface area contributed by atoms with Gasteiger partial charge in [-0.2, -0.15) is 5.26 Å². The first-order valence-corrected chi connectivity index (χ1v) is 4.45. The van der Waals surface area contributed by atoms with Crippen LogP contribution in [0.2, 0.25) is 0 Å². The van der Waals surface area contributed by atoms with E-state index < -0.39 is 0 Å². The van der Waals surface area contributed by atoms with E-state index in [1.54, 1.807) is 0 Å². The molecule has 1 fully saturated rings. The summed E-state index contributed by atoms with van der Waals surface area (Å²) in [5.74, 6) is -0.108. The molecule has 1 atom stereocenters. The van der Waals surface area contributed by atoms with E-state index in [1.165, 1.54) is 7.11 Å². The van der Waals surface area contributed by atoms with E-state index in [-0.39, 0.29) is 11.9 Å². The van der Waals surface area contributed by atoms with Gasteiger partial charge in [0.05, 0.1) is 19.1 Å². The van der Waals surface area contributed by atoms with Gasteiger partial charge in [0.15, 0.2) is 0 Å². The van der Waals surface area contributed by atoms with Crippen LogP contribution in [-0.2, 0) is 9.53 Å². The number of rotatable bonds is 3. The van der Waals surface area contributed by atoms with Crippen molar-refractivity contribution in [3.8, 4) is 6.07 Å². The molecule has 13 heavy (non-hydrogen) atoms. The van der Waals surface area contributed by atoms with E-state index in [9.17, 15) is 4.79 Å². The molecular weight excluding hydrogens is 168 g/mol. The van der Waals surface area contributed by atoms with Crippen LogP contribution >= 0.6 is 0 Å². The average molecular weight is 182 g/mol. The molecule has 1 heterocycles. The van der Waals surface area contributed by atoms with Crippen molar-refractivity contribution >= 4 is 5.97 Å². The molecule has 1 aliphatic heterocycles. The van der Waals surface area contributed by atoms with Crippen LogP contribution in [0.15, 0.2) is 0 Å². The highest BCUT2D eigenvalue weighted by atomic mass is 16.5. The molecule has 0 aromatic carbocycles. The van der Waals surface area contributed by atoms with Crippen molar-refractivity contribution in [3.63, 3.8) is 0 Å². The first kappa shape index (κ1) is 10.0. The second-order valence-corrected chi connectivity index (χ2v) is 3.22. The summed E-state index contributed by atoms with van der Waals surface area (Å²) in [6.07, 6.45) is 1.39. The summed E-state index contributed by atoms with van der Waals surface area (Å²) >= 11 is 0. The third kappa shape index (κ3) is 2.71. The minimum atomic E-state index is -0.126. The topological polar surface area (TPSA) is 53.3 Å². The van der Waals surface area contributed by atoms with Crippen molar-refractivity contribution in [1.29, 1.82) is 5.26 Å². The molecule has 0 N–H and O–H groups in total. The van der Waals surface area contributed by atoms with Gasteiger partial charge in [-0.05, 0) is 13.0 Å². The minimum Gasteiger partial charge on any atom is -0.469 e. The van der Waals surface area contributed by atoms with Gasteiger partial charge in [0.25, 0.3) is 0 Å². The molecule has 0 aliphatic carbocycles. The summed E-state index contributed by atoms with van der Waals surface area (Å²) in [6.45, 7) is 2.42. The lowest BCUT2D eigenvalue weighted by atomic mass is 10.1. The molecule has 0 spiro atoms. The fourth-order valence-electron chi connectivity index (χ4n) is 1.60. The molecule has 0 radical (unpaired) electrons. The third-order valence-corrected chi connectivity index (χ3v) is 2.35. The van der Waals surface area contributed by atoms with Crippen molar-refractivity contribution < 1.29 is 9.53 Å². The lowest BCUT2D eigenvalue weighted by Gasteiger charge is -2.12. The standard InChI is InChI=1S/C9H14N2O2/c1-13-9(12)8-3-6-11(7-8)5-2-4-10/h8H,2-3,5-7H2,1H3. The molecular formula is C9H14N2O2. The molecule has 1 saturated heterocycles. The van der Waals surface area contributed by atoms with Crippen LogP contribution < -0.4 is 0 Å². The van der Waals surface area contributed by atoms with Gasteiger partial charge in [-0.3, -0.25) is 4.79 Å². The molecule has 0 amide bonds. The number of esters is 1. The quantitative estimate of drug-likeness (QED) is 0.593. The number of ether oxygens (including phenoxy) is 1. The fourth-order valence-corrected chi connectivity index (χ4v) is 1.60. The second-order valence-electron chi connectivity index (χ2n) is 3.22. The van der Waals surface area contributed by atoms with Gasteiger partial charge in [-0.15, -0.1) is 0 Å². The van der Waals surface area contributed by atoms with Crippen molar-refractivity contribution in [2.45, 2.75) is 12.8 Å². The van der Waals surface area contributed by atoms with E-state index >= 15 is 0 Å². The number of nitrogens with zero attached hydrogens (tertiary/aromatic N) is 2. The first-order valence-electron chi connectivity index (χ1n) is 4.45. The van der Waals surface area contributed by atoms with E-state index in [1.807, 2.05) is 0 Å². The summed E-state index contributed by atoms with van der Waals surface area (Å²) in [5.41, 5.74) is 0. The molecule has 4 heteroatoms. The van der Waals surface area contributed by atoms with E-state index in [0.29, 0.717) is 6.42 Å². The number of hydrogen-bond acceptors (Lipinski definition) is 4. The summed E-state index contributed by atoms with van der Waals surface area (Å²) < 4.78 is 4.66. The number of hydrogen-bond donors (Lipinski definition) is 0. The lowest BCUT2D eigenvalue weighted by molar-refractivity contribution is -0.144. The maximum Gasteiger partial charge on any atom is 0.310 e. The zero-order valence-corrected chi connectivity index (χ0v) is 7.82. The first-order chi connectivity index (χ1) is 6.27. The Hall–Kier alpha value is -1.08. The predicted octanol–water partition coefficient (Wildman–Crippen LogP) is 0.395. The second kappa shape index (κ2) is 4.83. The van der Waals surface area contributed by atoms with Crippen LogP contribution in [0.1, 0.15) is 12.8 Å². The maximum atomic E-state index is 11.1. The van der Waals surface area contributed by atoms with Crippen LogP contribution in [0.5, 0.6) is 0 Å². The van der Waals surface area contributed by atoms with Gasteiger partial charge >= 0.3 is 5.97 Å². The molecule has 0 aromatic heterocycles. The Kier molecular flexibility index (Phi) is 3.71. The number of carbonyl (C=O) groups is 1. The molecule has 1 aliphatic rings. The SMILES string of the molecule is COC(=O)C1CCN(CCC#N)C1. The number of nitriles is 1. The van der Waals surface area contributed by atoms with Gasteiger partial charge in [0.1, 0.15) is 0 Å². The van der Waals surface area contributed by atoms with E-state index in [0.717, 1.165) is 26.1 Å². The van der Waals surface area contributed by atoms with Crippen LogP contribution in [0.25, 0.3) is 0 Å². The number of carbonyl (C=O) groups excluding carboxylic acids is 1. The van der Waals surface area contributed by atoms with Crippen molar-refractivity contribution in [3.05, 3.63) is 0 Å². The summed E-state index contributed by atoms with van der Waals surface area (Å²) in [4.78, 5) is 13.2. The van der Waals surface area contributed by atoms with Gasteiger partial charge in [-0.25, -0.2) is 0 Å². The monoisotopic (exact) mass is 182 g/mol. The zero-order valence-electron chi connectivity index (χ0n) is 7.82. The molecule has 0 bridgehead atoms. The molecule has 72 valence electrons. The molecule has 0 aromatic rings. The van der Waals surface area contributed by atoms with Crippen molar-refractivity contribution in [1.82, 2.24) is 4.90 Å². The highest BCUT2D eigenvalue weighted by Gasteiger charge is 2.28. The minimum absolute atomic E-state index is 0.0173.